The lowest BCUT2D eigenvalue weighted by atomic mass is 9.98. The van der Waals surface area contributed by atoms with E-state index in [1.165, 1.54) is 4.57 Å². The van der Waals surface area contributed by atoms with Gasteiger partial charge in [-0.3, -0.25) is 14.2 Å². The van der Waals surface area contributed by atoms with Gasteiger partial charge in [0.05, 0.1) is 10.9 Å². The molecule has 0 spiro atoms. The van der Waals surface area contributed by atoms with Crippen LogP contribution in [0.4, 0.5) is 5.69 Å². The van der Waals surface area contributed by atoms with E-state index in [1.54, 1.807) is 25.1 Å². The van der Waals surface area contributed by atoms with Crippen molar-refractivity contribution in [2.45, 2.75) is 40.2 Å². The largest absolute Gasteiger partial charge is 0.324 e. The average molecular weight is 349 g/mol. The Balaban J connectivity index is 1.93. The molecular formula is C21H23N3O2. The Kier molecular flexibility index (Phi) is 4.89. The molecule has 0 unspecified atom stereocenters. The fourth-order valence-electron chi connectivity index (χ4n) is 3.13. The lowest BCUT2D eigenvalue weighted by Crippen LogP contribution is -2.30. The number of rotatable bonds is 4. The maximum absolute atomic E-state index is 12.7. The van der Waals surface area contributed by atoms with Crippen molar-refractivity contribution in [1.29, 1.82) is 0 Å². The molecule has 0 saturated carbocycles. The maximum atomic E-state index is 12.7. The number of para-hydroxylation sites is 2. The number of hydrogen-bond donors (Lipinski definition) is 1. The zero-order valence-corrected chi connectivity index (χ0v) is 15.5. The van der Waals surface area contributed by atoms with E-state index in [1.807, 2.05) is 31.2 Å². The van der Waals surface area contributed by atoms with E-state index < -0.39 is 0 Å². The molecule has 5 nitrogen and oxygen atoms in total. The molecule has 0 bridgehead atoms. The third-order valence-corrected chi connectivity index (χ3v) is 4.55. The highest BCUT2D eigenvalue weighted by Gasteiger charge is 2.15. The van der Waals surface area contributed by atoms with Gasteiger partial charge in [-0.1, -0.05) is 44.2 Å². The molecular weight excluding hydrogens is 326 g/mol. The smallest absolute Gasteiger partial charge is 0.261 e. The first-order valence-electron chi connectivity index (χ1n) is 8.74. The fourth-order valence-corrected chi connectivity index (χ4v) is 3.13. The number of carbonyl (C=O) groups is 1. The highest BCUT2D eigenvalue weighted by atomic mass is 16.2. The monoisotopic (exact) mass is 349 g/mol. The molecule has 0 aliphatic carbocycles. The van der Waals surface area contributed by atoms with Gasteiger partial charge in [0.15, 0.2) is 0 Å². The minimum atomic E-state index is -0.233. The van der Waals surface area contributed by atoms with Crippen LogP contribution in [0.1, 0.15) is 36.7 Å². The van der Waals surface area contributed by atoms with Crippen LogP contribution in [0.25, 0.3) is 10.9 Å². The van der Waals surface area contributed by atoms with E-state index in [0.717, 1.165) is 16.8 Å². The third-order valence-electron chi connectivity index (χ3n) is 4.55. The number of benzene rings is 2. The van der Waals surface area contributed by atoms with Gasteiger partial charge in [0.25, 0.3) is 5.56 Å². The SMILES string of the molecule is Cc1cccc(C(C)C)c1NC(=O)Cn1c(C)nc2ccccc2c1=O. The second-order valence-corrected chi connectivity index (χ2v) is 6.81. The molecule has 26 heavy (non-hydrogen) atoms. The van der Waals surface area contributed by atoms with Crippen LogP contribution in [0.15, 0.2) is 47.3 Å². The van der Waals surface area contributed by atoms with E-state index in [2.05, 4.69) is 24.1 Å². The van der Waals surface area contributed by atoms with E-state index >= 15 is 0 Å². The molecule has 134 valence electrons. The van der Waals surface area contributed by atoms with Crippen LogP contribution in [0.3, 0.4) is 0 Å². The molecule has 5 heteroatoms. The number of nitrogens with zero attached hydrogens (tertiary/aromatic N) is 2. The number of hydrogen-bond acceptors (Lipinski definition) is 3. The van der Waals surface area contributed by atoms with Gasteiger partial charge in [0.2, 0.25) is 5.91 Å². The Morgan fingerprint density at radius 2 is 1.85 bits per heavy atom. The third kappa shape index (κ3) is 3.38. The van der Waals surface area contributed by atoms with Crippen molar-refractivity contribution in [1.82, 2.24) is 9.55 Å². The zero-order valence-electron chi connectivity index (χ0n) is 15.5. The van der Waals surface area contributed by atoms with Crippen molar-refractivity contribution in [3.63, 3.8) is 0 Å². The number of amides is 1. The Morgan fingerprint density at radius 3 is 2.58 bits per heavy atom. The molecule has 3 rings (SSSR count). The molecule has 1 heterocycles. The van der Waals surface area contributed by atoms with E-state index in [-0.39, 0.29) is 23.9 Å². The predicted octanol–water partition coefficient (Wildman–Crippen LogP) is 3.78. The van der Waals surface area contributed by atoms with Gasteiger partial charge in [-0.25, -0.2) is 4.98 Å². The predicted molar refractivity (Wildman–Crippen MR) is 105 cm³/mol. The summed E-state index contributed by atoms with van der Waals surface area (Å²) in [6, 6.07) is 13.2. The van der Waals surface area contributed by atoms with Crippen molar-refractivity contribution < 1.29 is 4.79 Å². The number of fused-ring (bicyclic) bond motifs is 1. The lowest BCUT2D eigenvalue weighted by Gasteiger charge is -2.17. The van der Waals surface area contributed by atoms with Crippen LogP contribution in [0, 0.1) is 13.8 Å². The molecule has 0 saturated heterocycles. The molecule has 0 atom stereocenters. The van der Waals surface area contributed by atoms with Gasteiger partial charge in [0, 0.05) is 5.69 Å². The average Bonchev–Trinajstić information content (AvgIpc) is 2.60. The maximum Gasteiger partial charge on any atom is 0.261 e. The Labute approximate surface area is 152 Å². The highest BCUT2D eigenvalue weighted by molar-refractivity contribution is 5.92. The normalized spacial score (nSPS) is 11.1. The number of aromatic nitrogens is 2. The Hall–Kier alpha value is -2.95. The van der Waals surface area contributed by atoms with Crippen LogP contribution in [0.5, 0.6) is 0 Å². The van der Waals surface area contributed by atoms with Crippen LogP contribution in [-0.4, -0.2) is 15.5 Å². The Morgan fingerprint density at radius 1 is 1.12 bits per heavy atom. The number of anilines is 1. The highest BCUT2D eigenvalue weighted by Crippen LogP contribution is 2.27. The van der Waals surface area contributed by atoms with Crippen LogP contribution < -0.4 is 10.9 Å². The van der Waals surface area contributed by atoms with Gasteiger partial charge in [-0.05, 0) is 43.0 Å². The van der Waals surface area contributed by atoms with Gasteiger partial charge in [-0.15, -0.1) is 0 Å². The number of carbonyl (C=O) groups excluding carboxylic acids is 1. The first-order valence-corrected chi connectivity index (χ1v) is 8.74. The molecule has 1 amide bonds. The molecule has 0 aliphatic rings. The fraction of sp³-hybridized carbons (Fsp3) is 0.286. The molecule has 0 fully saturated rings. The van der Waals surface area contributed by atoms with Crippen LogP contribution >= 0.6 is 0 Å². The minimum Gasteiger partial charge on any atom is -0.324 e. The van der Waals surface area contributed by atoms with Gasteiger partial charge in [0.1, 0.15) is 12.4 Å². The van der Waals surface area contributed by atoms with Gasteiger partial charge < -0.3 is 5.32 Å². The standard InChI is InChI=1S/C21H23N3O2/c1-13(2)16-10-7-8-14(3)20(16)23-19(25)12-24-15(4)22-18-11-6-5-9-17(18)21(24)26/h5-11,13H,12H2,1-4H3,(H,23,25). The topological polar surface area (TPSA) is 64.0 Å². The summed E-state index contributed by atoms with van der Waals surface area (Å²) in [6.07, 6.45) is 0. The summed E-state index contributed by atoms with van der Waals surface area (Å²) >= 11 is 0. The minimum absolute atomic E-state index is 0.0611. The van der Waals surface area contributed by atoms with Crippen LogP contribution in [-0.2, 0) is 11.3 Å². The van der Waals surface area contributed by atoms with Crippen molar-refractivity contribution >= 4 is 22.5 Å². The quantitative estimate of drug-likeness (QED) is 0.780. The summed E-state index contributed by atoms with van der Waals surface area (Å²) in [7, 11) is 0. The second kappa shape index (κ2) is 7.12. The summed E-state index contributed by atoms with van der Waals surface area (Å²) in [5.41, 5.74) is 3.36. The molecule has 0 aliphatic heterocycles. The molecule has 1 aromatic heterocycles. The summed E-state index contributed by atoms with van der Waals surface area (Å²) in [6.45, 7) is 7.83. The van der Waals surface area contributed by atoms with Crippen molar-refractivity contribution in [2.24, 2.45) is 0 Å². The number of nitrogens with one attached hydrogen (secondary N) is 1. The lowest BCUT2D eigenvalue weighted by molar-refractivity contribution is -0.116. The summed E-state index contributed by atoms with van der Waals surface area (Å²) in [5.74, 6) is 0.582. The van der Waals surface area contributed by atoms with Crippen molar-refractivity contribution in [2.75, 3.05) is 5.32 Å². The van der Waals surface area contributed by atoms with Crippen molar-refractivity contribution in [3.05, 3.63) is 69.8 Å². The Bertz CT molecular complexity index is 1040. The molecule has 1 N–H and O–H groups in total. The first-order chi connectivity index (χ1) is 12.4. The number of aryl methyl sites for hydroxylation is 2. The van der Waals surface area contributed by atoms with Gasteiger partial charge >= 0.3 is 0 Å². The summed E-state index contributed by atoms with van der Waals surface area (Å²) in [4.78, 5) is 29.8. The molecule has 0 radical (unpaired) electrons. The molecule has 3 aromatic rings. The van der Waals surface area contributed by atoms with Crippen LogP contribution in [0.2, 0.25) is 0 Å². The van der Waals surface area contributed by atoms with Gasteiger partial charge in [-0.2, -0.15) is 0 Å². The van der Waals surface area contributed by atoms with Crippen molar-refractivity contribution in [3.8, 4) is 0 Å². The first kappa shape index (κ1) is 17.9. The zero-order chi connectivity index (χ0) is 18.8. The molecule has 2 aromatic carbocycles. The second-order valence-electron chi connectivity index (χ2n) is 6.81. The van der Waals surface area contributed by atoms with E-state index in [9.17, 15) is 9.59 Å². The van der Waals surface area contributed by atoms with E-state index in [4.69, 9.17) is 0 Å². The summed E-state index contributed by atoms with van der Waals surface area (Å²) in [5, 5.41) is 3.50. The van der Waals surface area contributed by atoms with E-state index in [0.29, 0.717) is 16.7 Å². The summed E-state index contributed by atoms with van der Waals surface area (Å²) < 4.78 is 1.42.